The van der Waals surface area contributed by atoms with Crippen LogP contribution in [0.4, 0.5) is 0 Å². The number of aromatic nitrogens is 1. The molecule has 2 heterocycles. The number of aliphatic hydroxyl groups excluding tert-OH is 1. The van der Waals surface area contributed by atoms with E-state index in [1.807, 2.05) is 32.9 Å². The summed E-state index contributed by atoms with van der Waals surface area (Å²) in [5.74, 6) is -0.0740. The van der Waals surface area contributed by atoms with Crippen LogP contribution in [-0.2, 0) is 4.74 Å². The van der Waals surface area contributed by atoms with Crippen LogP contribution in [0.5, 0.6) is 0 Å². The lowest BCUT2D eigenvalue weighted by molar-refractivity contribution is 0.0535. The number of nitrogens with zero attached hydrogens (tertiary/aromatic N) is 2. The third-order valence-electron chi connectivity index (χ3n) is 4.14. The Morgan fingerprint density at radius 1 is 1.30 bits per heavy atom. The minimum absolute atomic E-state index is 0.0740. The first-order valence-electron chi connectivity index (χ1n) is 7.89. The highest BCUT2D eigenvalue weighted by molar-refractivity contribution is 6.07. The Balaban J connectivity index is 2.09. The van der Waals surface area contributed by atoms with Crippen LogP contribution in [-0.4, -0.2) is 53.3 Å². The molecule has 0 unspecified atom stereocenters. The van der Waals surface area contributed by atoms with Crippen molar-refractivity contribution in [2.75, 3.05) is 26.3 Å². The topological polar surface area (TPSA) is 62.7 Å². The van der Waals surface area contributed by atoms with Crippen molar-refractivity contribution in [2.24, 2.45) is 0 Å². The molecule has 0 saturated carbocycles. The van der Waals surface area contributed by atoms with Gasteiger partial charge in [0.15, 0.2) is 0 Å². The Labute approximate surface area is 135 Å². The minimum Gasteiger partial charge on any atom is -0.389 e. The predicted molar refractivity (Wildman–Crippen MR) is 88.7 cm³/mol. The summed E-state index contributed by atoms with van der Waals surface area (Å²) < 4.78 is 5.32. The lowest BCUT2D eigenvalue weighted by Crippen LogP contribution is -2.37. The number of fused-ring (bicyclic) bond motifs is 1. The van der Waals surface area contributed by atoms with Gasteiger partial charge in [-0.25, -0.2) is 0 Å². The lowest BCUT2D eigenvalue weighted by Gasteiger charge is -2.22. The Kier molecular flexibility index (Phi) is 4.33. The zero-order valence-electron chi connectivity index (χ0n) is 13.8. The van der Waals surface area contributed by atoms with Gasteiger partial charge in [-0.3, -0.25) is 9.78 Å². The molecule has 122 valence electrons. The summed E-state index contributed by atoms with van der Waals surface area (Å²) in [6.07, 6.45) is -0.640. The van der Waals surface area contributed by atoms with E-state index in [0.717, 1.165) is 27.7 Å². The van der Waals surface area contributed by atoms with Crippen molar-refractivity contribution in [2.45, 2.75) is 26.9 Å². The van der Waals surface area contributed by atoms with Gasteiger partial charge in [-0.15, -0.1) is 0 Å². The number of pyridine rings is 1. The number of β-amino-alcohol motifs (C(OH)–C–C–N with tert-alkyl or cyclic N) is 1. The highest BCUT2D eigenvalue weighted by atomic mass is 16.5. The normalized spacial score (nSPS) is 19.0. The Hall–Kier alpha value is -1.98. The van der Waals surface area contributed by atoms with E-state index >= 15 is 0 Å². The largest absolute Gasteiger partial charge is 0.389 e. The molecule has 3 rings (SSSR count). The number of hydrogen-bond acceptors (Lipinski definition) is 4. The summed E-state index contributed by atoms with van der Waals surface area (Å²) >= 11 is 0. The fourth-order valence-electron chi connectivity index (χ4n) is 3.13. The number of aryl methyl sites for hydroxylation is 3. The smallest absolute Gasteiger partial charge is 0.254 e. The van der Waals surface area contributed by atoms with Crippen LogP contribution in [0.3, 0.4) is 0 Å². The Bertz CT molecular complexity index is 758. The van der Waals surface area contributed by atoms with Crippen molar-refractivity contribution in [3.8, 4) is 0 Å². The Morgan fingerprint density at radius 3 is 2.87 bits per heavy atom. The molecule has 1 saturated heterocycles. The van der Waals surface area contributed by atoms with Gasteiger partial charge in [0, 0.05) is 24.2 Å². The number of ether oxygens (including phenoxy) is 1. The average molecular weight is 314 g/mol. The van der Waals surface area contributed by atoms with Crippen molar-refractivity contribution < 1.29 is 14.6 Å². The first kappa shape index (κ1) is 15.9. The number of rotatable bonds is 1. The summed E-state index contributed by atoms with van der Waals surface area (Å²) in [4.78, 5) is 19.3. The predicted octanol–water partition coefficient (Wildman–Crippen LogP) is 1.99. The van der Waals surface area contributed by atoms with E-state index in [1.165, 1.54) is 0 Å². The first-order chi connectivity index (χ1) is 11.0. The SMILES string of the molecule is Cc1cc(C)c2nc(C)cc(C(=O)N3CCOC[C@H](O)C3)c2c1. The minimum atomic E-state index is -0.640. The number of benzene rings is 1. The molecule has 1 aromatic heterocycles. The van der Waals surface area contributed by atoms with Gasteiger partial charge < -0.3 is 14.7 Å². The second-order valence-electron chi connectivity index (χ2n) is 6.27. The molecule has 1 amide bonds. The summed E-state index contributed by atoms with van der Waals surface area (Å²) in [6, 6.07) is 5.92. The number of aliphatic hydroxyl groups is 1. The molecule has 1 aromatic carbocycles. The van der Waals surface area contributed by atoms with Crippen molar-refractivity contribution >= 4 is 16.8 Å². The molecule has 1 aliphatic heterocycles. The zero-order valence-corrected chi connectivity index (χ0v) is 13.8. The van der Waals surface area contributed by atoms with Gasteiger partial charge >= 0.3 is 0 Å². The summed E-state index contributed by atoms with van der Waals surface area (Å²) in [5, 5.41) is 10.8. The quantitative estimate of drug-likeness (QED) is 0.874. The second kappa shape index (κ2) is 6.26. The van der Waals surface area contributed by atoms with E-state index in [0.29, 0.717) is 25.3 Å². The lowest BCUT2D eigenvalue weighted by atomic mass is 10.0. The highest BCUT2D eigenvalue weighted by Gasteiger charge is 2.24. The molecular formula is C18H22N2O3. The van der Waals surface area contributed by atoms with E-state index in [9.17, 15) is 9.90 Å². The molecule has 0 bridgehead atoms. The molecule has 1 fully saturated rings. The third kappa shape index (κ3) is 3.21. The number of hydrogen-bond donors (Lipinski definition) is 1. The summed E-state index contributed by atoms with van der Waals surface area (Å²) in [5.41, 5.74) is 4.50. The molecule has 5 nitrogen and oxygen atoms in total. The van der Waals surface area contributed by atoms with Crippen molar-refractivity contribution in [1.29, 1.82) is 0 Å². The molecule has 0 radical (unpaired) electrons. The third-order valence-corrected chi connectivity index (χ3v) is 4.14. The molecule has 1 aliphatic rings. The zero-order chi connectivity index (χ0) is 16.6. The summed E-state index contributed by atoms with van der Waals surface area (Å²) in [7, 11) is 0. The van der Waals surface area contributed by atoms with E-state index in [-0.39, 0.29) is 12.5 Å². The molecule has 1 atom stereocenters. The summed E-state index contributed by atoms with van der Waals surface area (Å²) in [6.45, 7) is 7.44. The van der Waals surface area contributed by atoms with Crippen LogP contribution in [0.1, 0.15) is 27.2 Å². The van der Waals surface area contributed by atoms with Crippen molar-refractivity contribution in [3.05, 3.63) is 40.6 Å². The van der Waals surface area contributed by atoms with Gasteiger partial charge in [0.05, 0.1) is 30.4 Å². The first-order valence-corrected chi connectivity index (χ1v) is 7.89. The fraction of sp³-hybridized carbons (Fsp3) is 0.444. The maximum absolute atomic E-state index is 13.0. The molecule has 0 spiro atoms. The molecule has 1 N–H and O–H groups in total. The van der Waals surface area contributed by atoms with Crippen LogP contribution >= 0.6 is 0 Å². The second-order valence-corrected chi connectivity index (χ2v) is 6.27. The van der Waals surface area contributed by atoms with Crippen molar-refractivity contribution in [3.63, 3.8) is 0 Å². The maximum Gasteiger partial charge on any atom is 0.254 e. The van der Waals surface area contributed by atoms with Gasteiger partial charge in [-0.1, -0.05) is 11.6 Å². The van der Waals surface area contributed by atoms with Gasteiger partial charge in [0.1, 0.15) is 0 Å². The van der Waals surface area contributed by atoms with Crippen LogP contribution in [0.25, 0.3) is 10.9 Å². The standard InChI is InChI=1S/C18H22N2O3/c1-11-6-12(2)17-15(7-11)16(8-13(3)19-17)18(22)20-4-5-23-10-14(21)9-20/h6-8,14,21H,4-5,9-10H2,1-3H3/t14-/m1/s1. The number of carbonyl (C=O) groups excluding carboxylic acids is 1. The molecule has 0 aliphatic carbocycles. The van der Waals surface area contributed by atoms with E-state index < -0.39 is 6.10 Å². The van der Waals surface area contributed by atoms with Crippen LogP contribution < -0.4 is 0 Å². The van der Waals surface area contributed by atoms with Gasteiger partial charge in [0.25, 0.3) is 5.91 Å². The average Bonchev–Trinajstić information content (AvgIpc) is 2.71. The number of amides is 1. The molecular weight excluding hydrogens is 292 g/mol. The monoisotopic (exact) mass is 314 g/mol. The van der Waals surface area contributed by atoms with E-state index in [2.05, 4.69) is 11.1 Å². The van der Waals surface area contributed by atoms with E-state index in [1.54, 1.807) is 4.90 Å². The molecule has 23 heavy (non-hydrogen) atoms. The van der Waals surface area contributed by atoms with Crippen LogP contribution in [0.15, 0.2) is 18.2 Å². The molecule has 5 heteroatoms. The van der Waals surface area contributed by atoms with Crippen LogP contribution in [0.2, 0.25) is 0 Å². The molecule has 2 aromatic rings. The fourth-order valence-corrected chi connectivity index (χ4v) is 3.13. The van der Waals surface area contributed by atoms with Gasteiger partial charge in [-0.05, 0) is 38.5 Å². The van der Waals surface area contributed by atoms with Crippen LogP contribution in [0, 0.1) is 20.8 Å². The highest BCUT2D eigenvalue weighted by Crippen LogP contribution is 2.25. The van der Waals surface area contributed by atoms with E-state index in [4.69, 9.17) is 4.74 Å². The maximum atomic E-state index is 13.0. The van der Waals surface area contributed by atoms with Gasteiger partial charge in [-0.2, -0.15) is 0 Å². The number of carbonyl (C=O) groups is 1. The van der Waals surface area contributed by atoms with Gasteiger partial charge in [0.2, 0.25) is 0 Å². The Morgan fingerprint density at radius 2 is 2.09 bits per heavy atom. The van der Waals surface area contributed by atoms with Crippen molar-refractivity contribution in [1.82, 2.24) is 9.88 Å².